The third-order valence-electron chi connectivity index (χ3n) is 3.19. The fourth-order valence-corrected chi connectivity index (χ4v) is 1.86. The number of carbonyl (C=O) groups excluding carboxylic acids is 2. The van der Waals surface area contributed by atoms with Gasteiger partial charge in [0.15, 0.2) is 0 Å². The van der Waals surface area contributed by atoms with Gasteiger partial charge in [0, 0.05) is 12.8 Å². The maximum atomic E-state index is 10.4. The first-order chi connectivity index (χ1) is 11.4. The molecule has 0 atom stereocenters. The van der Waals surface area contributed by atoms with Crippen LogP contribution in [0.15, 0.2) is 48.5 Å². The smallest absolute Gasteiger partial charge is 0.217 e. The molecule has 0 radical (unpaired) electrons. The number of benzene rings is 2. The van der Waals surface area contributed by atoms with Crippen molar-refractivity contribution in [2.45, 2.75) is 25.7 Å². The van der Waals surface area contributed by atoms with Crippen molar-refractivity contribution < 1.29 is 19.8 Å². The number of hydrogen-bond donors (Lipinski definition) is 4. The van der Waals surface area contributed by atoms with Crippen LogP contribution in [0.1, 0.15) is 24.0 Å². The van der Waals surface area contributed by atoms with Crippen LogP contribution in [-0.4, -0.2) is 22.0 Å². The van der Waals surface area contributed by atoms with E-state index in [0.29, 0.717) is 25.7 Å². The van der Waals surface area contributed by atoms with E-state index < -0.39 is 0 Å². The van der Waals surface area contributed by atoms with Crippen LogP contribution in [0.4, 0.5) is 0 Å². The van der Waals surface area contributed by atoms with E-state index in [0.717, 1.165) is 11.1 Å². The molecule has 0 saturated heterocycles. The molecule has 128 valence electrons. The lowest BCUT2D eigenvalue weighted by atomic mass is 10.1. The van der Waals surface area contributed by atoms with E-state index in [4.69, 9.17) is 21.7 Å². The second-order valence-corrected chi connectivity index (χ2v) is 5.27. The molecule has 0 aliphatic rings. The van der Waals surface area contributed by atoms with E-state index in [1.165, 1.54) is 0 Å². The molecule has 0 aromatic heterocycles. The summed E-state index contributed by atoms with van der Waals surface area (Å²) in [6, 6.07) is 13.5. The van der Waals surface area contributed by atoms with E-state index in [9.17, 15) is 9.59 Å². The Morgan fingerprint density at radius 3 is 1.21 bits per heavy atom. The number of hydrogen-bond acceptors (Lipinski definition) is 4. The summed E-state index contributed by atoms with van der Waals surface area (Å²) in [5, 5.41) is 17.9. The van der Waals surface area contributed by atoms with E-state index >= 15 is 0 Å². The van der Waals surface area contributed by atoms with Crippen molar-refractivity contribution in [2.24, 2.45) is 11.5 Å². The van der Waals surface area contributed by atoms with Gasteiger partial charge in [-0.1, -0.05) is 24.3 Å². The highest BCUT2D eigenvalue weighted by atomic mass is 16.3. The van der Waals surface area contributed by atoms with Gasteiger partial charge in [-0.05, 0) is 48.2 Å². The Bertz CT molecular complexity index is 592. The Morgan fingerprint density at radius 2 is 0.958 bits per heavy atom. The van der Waals surface area contributed by atoms with Gasteiger partial charge in [0.25, 0.3) is 0 Å². The number of amides is 2. The monoisotopic (exact) mass is 330 g/mol. The molecule has 0 aliphatic heterocycles. The first-order valence-corrected chi connectivity index (χ1v) is 7.49. The quantitative estimate of drug-likeness (QED) is 0.642. The average molecular weight is 330 g/mol. The number of rotatable bonds is 6. The van der Waals surface area contributed by atoms with Crippen LogP contribution in [0.3, 0.4) is 0 Å². The largest absolute Gasteiger partial charge is 0.508 e. The number of primary amides is 2. The van der Waals surface area contributed by atoms with Gasteiger partial charge in [0.1, 0.15) is 11.5 Å². The van der Waals surface area contributed by atoms with Crippen molar-refractivity contribution in [3.8, 4) is 11.5 Å². The summed E-state index contributed by atoms with van der Waals surface area (Å²) in [4.78, 5) is 20.8. The molecule has 0 bridgehead atoms. The minimum Gasteiger partial charge on any atom is -0.508 e. The molecule has 0 unspecified atom stereocenters. The summed E-state index contributed by atoms with van der Waals surface area (Å²) in [6.45, 7) is 0. The number of nitrogens with two attached hydrogens (primary N) is 2. The molecule has 2 aromatic rings. The minimum atomic E-state index is -0.303. The predicted molar refractivity (Wildman–Crippen MR) is 91.2 cm³/mol. The molecule has 2 amide bonds. The van der Waals surface area contributed by atoms with Crippen molar-refractivity contribution in [1.29, 1.82) is 0 Å². The summed E-state index contributed by atoms with van der Waals surface area (Å²) < 4.78 is 0. The van der Waals surface area contributed by atoms with Crippen LogP contribution in [0.25, 0.3) is 0 Å². The molecule has 0 heterocycles. The van der Waals surface area contributed by atoms with E-state index in [1.54, 1.807) is 48.5 Å². The highest BCUT2D eigenvalue weighted by Crippen LogP contribution is 2.11. The average Bonchev–Trinajstić information content (AvgIpc) is 2.54. The number of aromatic hydroxyl groups is 2. The zero-order valence-electron chi connectivity index (χ0n) is 13.3. The highest BCUT2D eigenvalue weighted by molar-refractivity contribution is 5.74. The summed E-state index contributed by atoms with van der Waals surface area (Å²) >= 11 is 0. The van der Waals surface area contributed by atoms with Crippen LogP contribution >= 0.6 is 0 Å². The first kappa shape index (κ1) is 19.0. The van der Waals surface area contributed by atoms with Gasteiger partial charge in [-0.15, -0.1) is 0 Å². The van der Waals surface area contributed by atoms with Crippen LogP contribution in [-0.2, 0) is 22.4 Å². The van der Waals surface area contributed by atoms with Gasteiger partial charge in [0.05, 0.1) is 0 Å². The normalized spacial score (nSPS) is 9.67. The Morgan fingerprint density at radius 1 is 0.667 bits per heavy atom. The first-order valence-electron chi connectivity index (χ1n) is 7.49. The fourth-order valence-electron chi connectivity index (χ4n) is 1.86. The molecule has 2 rings (SSSR count). The lowest BCUT2D eigenvalue weighted by Gasteiger charge is -1.98. The second kappa shape index (κ2) is 9.89. The van der Waals surface area contributed by atoms with Gasteiger partial charge in [-0.2, -0.15) is 0 Å². The zero-order chi connectivity index (χ0) is 17.9. The van der Waals surface area contributed by atoms with Crippen molar-refractivity contribution in [3.63, 3.8) is 0 Å². The molecule has 6 N–H and O–H groups in total. The summed E-state index contributed by atoms with van der Waals surface area (Å²) in [5.41, 5.74) is 12.0. The predicted octanol–water partition coefficient (Wildman–Crippen LogP) is 1.62. The highest BCUT2D eigenvalue weighted by Gasteiger charge is 1.97. The number of carbonyl (C=O) groups is 2. The van der Waals surface area contributed by atoms with Gasteiger partial charge in [0.2, 0.25) is 11.8 Å². The Hall–Kier alpha value is -3.02. The Balaban J connectivity index is 0.000000240. The lowest BCUT2D eigenvalue weighted by molar-refractivity contribution is -0.118. The summed E-state index contributed by atoms with van der Waals surface area (Å²) in [6.07, 6.45) is 1.97. The number of phenolic OH excluding ortho intramolecular Hbond substituents is 2. The fraction of sp³-hybridized carbons (Fsp3) is 0.222. The molecule has 0 spiro atoms. The lowest BCUT2D eigenvalue weighted by Crippen LogP contribution is -2.11. The van der Waals surface area contributed by atoms with E-state index in [1.807, 2.05) is 0 Å². The summed E-state index contributed by atoms with van der Waals surface area (Å²) in [7, 11) is 0. The van der Waals surface area contributed by atoms with Crippen molar-refractivity contribution in [2.75, 3.05) is 0 Å². The summed E-state index contributed by atoms with van der Waals surface area (Å²) in [5.74, 6) is -0.137. The molecule has 6 heteroatoms. The molecule has 0 aliphatic carbocycles. The third-order valence-corrected chi connectivity index (χ3v) is 3.19. The Labute approximate surface area is 140 Å². The van der Waals surface area contributed by atoms with Gasteiger partial charge < -0.3 is 21.7 Å². The van der Waals surface area contributed by atoms with E-state index in [-0.39, 0.29) is 23.3 Å². The van der Waals surface area contributed by atoms with Crippen molar-refractivity contribution in [3.05, 3.63) is 59.7 Å². The maximum absolute atomic E-state index is 10.4. The van der Waals surface area contributed by atoms with Crippen LogP contribution in [0, 0.1) is 0 Å². The topological polar surface area (TPSA) is 127 Å². The van der Waals surface area contributed by atoms with Gasteiger partial charge >= 0.3 is 0 Å². The van der Waals surface area contributed by atoms with Crippen LogP contribution < -0.4 is 11.5 Å². The van der Waals surface area contributed by atoms with Crippen molar-refractivity contribution in [1.82, 2.24) is 0 Å². The van der Waals surface area contributed by atoms with Crippen LogP contribution in [0.5, 0.6) is 11.5 Å². The minimum absolute atomic E-state index is 0.234. The Kier molecular flexibility index (Phi) is 7.84. The molecule has 2 aromatic carbocycles. The standard InChI is InChI=1S/2C9H11NO2/c2*10-9(12)6-3-7-1-4-8(11)5-2-7/h2*1-2,4-5,11H,3,6H2,(H2,10,12). The molecular weight excluding hydrogens is 308 g/mol. The van der Waals surface area contributed by atoms with Gasteiger partial charge in [-0.3, -0.25) is 9.59 Å². The maximum Gasteiger partial charge on any atom is 0.217 e. The molecule has 24 heavy (non-hydrogen) atoms. The number of aryl methyl sites for hydroxylation is 2. The molecule has 0 fully saturated rings. The molecule has 0 saturated carbocycles. The number of phenols is 2. The molecule has 6 nitrogen and oxygen atoms in total. The molecular formula is C18H22N2O4. The SMILES string of the molecule is NC(=O)CCc1ccc(O)cc1.NC(=O)CCc1ccc(O)cc1. The van der Waals surface area contributed by atoms with Crippen LogP contribution in [0.2, 0.25) is 0 Å². The second-order valence-electron chi connectivity index (χ2n) is 5.27. The van der Waals surface area contributed by atoms with Crippen molar-refractivity contribution >= 4 is 11.8 Å². The van der Waals surface area contributed by atoms with E-state index in [2.05, 4.69) is 0 Å². The van der Waals surface area contributed by atoms with Gasteiger partial charge in [-0.25, -0.2) is 0 Å². The zero-order valence-corrected chi connectivity index (χ0v) is 13.3. The third kappa shape index (κ3) is 8.43.